The van der Waals surface area contributed by atoms with Crippen molar-refractivity contribution in [2.24, 2.45) is 0 Å². The number of hydrogen-bond acceptors (Lipinski definition) is 6. The third-order valence-corrected chi connectivity index (χ3v) is 17.6. The molecule has 0 fully saturated rings. The van der Waals surface area contributed by atoms with E-state index in [0.29, 0.717) is 10.6 Å². The Balaban J connectivity index is 0.000000115. The minimum atomic E-state index is -1.44. The van der Waals surface area contributed by atoms with Crippen molar-refractivity contribution in [1.82, 2.24) is 9.97 Å². The fourth-order valence-electron chi connectivity index (χ4n) is 11.3. The van der Waals surface area contributed by atoms with E-state index in [1.54, 1.807) is 17.4 Å². The van der Waals surface area contributed by atoms with E-state index in [1.807, 2.05) is 41.7 Å². The van der Waals surface area contributed by atoms with Crippen LogP contribution in [0, 0.1) is 0 Å². The van der Waals surface area contributed by atoms with Gasteiger partial charge in [-0.15, -0.1) is 22.7 Å². The molecule has 0 aliphatic rings. The molecule has 0 saturated heterocycles. The topological polar surface area (TPSA) is 66.2 Å². The van der Waals surface area contributed by atoms with E-state index in [-0.39, 0.29) is 0 Å². The highest BCUT2D eigenvalue weighted by Crippen LogP contribution is 2.43. The van der Waals surface area contributed by atoms with Gasteiger partial charge in [-0.2, -0.15) is 0 Å². The van der Waals surface area contributed by atoms with Crippen molar-refractivity contribution in [3.8, 4) is 33.5 Å². The van der Waals surface area contributed by atoms with E-state index in [0.717, 1.165) is 44.2 Å². The predicted octanol–water partition coefficient (Wildman–Crippen LogP) is 18.8. The second-order valence-electron chi connectivity index (χ2n) is 19.4. The van der Waals surface area contributed by atoms with Crippen LogP contribution in [0.3, 0.4) is 0 Å². The van der Waals surface area contributed by atoms with Crippen LogP contribution in [-0.4, -0.2) is 27.1 Å². The Morgan fingerprint density at radius 2 is 0.679 bits per heavy atom. The SMILES string of the molecule is Clc1ccc2c3ccccc3c3ccccc3c2n1.OB(O)c1cccc(-c2cccc3c2sc2ccccc23)c1.c1cc(-c2ccc3c4ccccc4c4ccccc4c3n2)cc(-c2cccc3c2sc2ccccc23)c1. The molecule has 0 radical (unpaired) electrons. The van der Waals surface area contributed by atoms with E-state index in [4.69, 9.17) is 16.6 Å². The average Bonchev–Trinajstić information content (AvgIpc) is 4.21. The summed E-state index contributed by atoms with van der Waals surface area (Å²) in [5.74, 6) is 0. The molecule has 4 aromatic heterocycles. The Morgan fingerprint density at radius 1 is 0.308 bits per heavy atom. The van der Waals surface area contributed by atoms with Gasteiger partial charge in [-0.1, -0.05) is 224 Å². The standard InChI is InChI=1S/C35H21NS.C18H13BO2S.C17H10ClN/c1-2-13-27-25(11-1)26-12-3-4-15-29(26)34-30(27)19-20-32(36-34)23-10-7-9-22(21-23)24-16-8-17-31-28-14-5-6-18-33(28)37-35(24)31;20-19(21)13-6-3-5-12(11-13)14-8-4-9-16-15-7-1-2-10-17(15)22-18(14)16;18-16-10-9-15-13-7-2-1-5-11(13)12-6-3-4-8-14(12)17(15)19-16/h1-21H;1-11,20-21H;1-10H. The molecule has 0 aliphatic carbocycles. The van der Waals surface area contributed by atoms with Crippen LogP contribution in [0.2, 0.25) is 5.15 Å². The number of nitrogens with zero attached hydrogens (tertiary/aromatic N) is 2. The number of fused-ring (bicyclic) bond motifs is 18. The molecule has 0 unspecified atom stereocenters. The Hall–Kier alpha value is -8.79. The van der Waals surface area contributed by atoms with Gasteiger partial charge in [-0.25, -0.2) is 9.97 Å². The summed E-state index contributed by atoms with van der Waals surface area (Å²) in [7, 11) is -1.44. The van der Waals surface area contributed by atoms with Gasteiger partial charge in [-0.05, 0) is 102 Å². The molecule has 8 heteroatoms. The molecule has 0 atom stereocenters. The summed E-state index contributed by atoms with van der Waals surface area (Å²) in [6.07, 6.45) is 0. The third kappa shape index (κ3) is 8.41. The summed E-state index contributed by atoms with van der Waals surface area (Å²) in [4.78, 5) is 9.78. The van der Waals surface area contributed by atoms with E-state index >= 15 is 0 Å². The number of halogens is 1. The smallest absolute Gasteiger partial charge is 0.423 e. The van der Waals surface area contributed by atoms with E-state index in [9.17, 15) is 10.0 Å². The lowest BCUT2D eigenvalue weighted by Crippen LogP contribution is -2.29. The van der Waals surface area contributed by atoms with Crippen LogP contribution in [0.25, 0.3) is 139 Å². The lowest BCUT2D eigenvalue weighted by molar-refractivity contribution is 0.426. The monoisotopic (exact) mass is 1050 g/mol. The molecule has 16 aromatic rings. The number of thiophene rings is 2. The van der Waals surface area contributed by atoms with Crippen molar-refractivity contribution in [3.05, 3.63) is 260 Å². The van der Waals surface area contributed by atoms with Crippen LogP contribution >= 0.6 is 34.3 Å². The fraction of sp³-hybridized carbons (Fsp3) is 0. The lowest BCUT2D eigenvalue weighted by Gasteiger charge is -2.12. The zero-order valence-electron chi connectivity index (χ0n) is 41.8. The first kappa shape index (κ1) is 47.6. The number of aromatic nitrogens is 2. The maximum Gasteiger partial charge on any atom is 0.488 e. The average molecular weight is 1060 g/mol. The van der Waals surface area contributed by atoms with Gasteiger partial charge in [0, 0.05) is 67.5 Å². The first-order chi connectivity index (χ1) is 38.4. The zero-order chi connectivity index (χ0) is 52.3. The maximum absolute atomic E-state index is 9.38. The maximum atomic E-state index is 9.38. The van der Waals surface area contributed by atoms with Crippen molar-refractivity contribution in [2.45, 2.75) is 0 Å². The second-order valence-corrected chi connectivity index (χ2v) is 21.9. The van der Waals surface area contributed by atoms with E-state index in [2.05, 4.69) is 223 Å². The number of hydrogen-bond donors (Lipinski definition) is 2. The van der Waals surface area contributed by atoms with E-state index < -0.39 is 7.12 Å². The summed E-state index contributed by atoms with van der Waals surface area (Å²) >= 11 is 9.71. The van der Waals surface area contributed by atoms with Crippen molar-refractivity contribution < 1.29 is 10.0 Å². The summed E-state index contributed by atoms with van der Waals surface area (Å²) in [5, 5.41) is 36.6. The minimum absolute atomic E-state index is 0.510. The van der Waals surface area contributed by atoms with Gasteiger partial charge in [-0.3, -0.25) is 0 Å². The number of rotatable bonds is 4. The molecule has 0 amide bonds. The summed E-state index contributed by atoms with van der Waals surface area (Å²) < 4.78 is 5.16. The number of pyridine rings is 2. The largest absolute Gasteiger partial charge is 0.488 e. The van der Waals surface area contributed by atoms with Crippen LogP contribution in [-0.2, 0) is 0 Å². The van der Waals surface area contributed by atoms with Gasteiger partial charge in [0.1, 0.15) is 5.15 Å². The molecule has 12 aromatic carbocycles. The van der Waals surface area contributed by atoms with Crippen molar-refractivity contribution in [3.63, 3.8) is 0 Å². The van der Waals surface area contributed by atoms with Gasteiger partial charge in [0.15, 0.2) is 0 Å². The van der Waals surface area contributed by atoms with Crippen molar-refractivity contribution in [2.75, 3.05) is 0 Å². The second kappa shape index (κ2) is 20.0. The predicted molar refractivity (Wildman–Crippen MR) is 337 cm³/mol. The molecule has 0 aliphatic heterocycles. The minimum Gasteiger partial charge on any atom is -0.423 e. The van der Waals surface area contributed by atoms with E-state index in [1.165, 1.54) is 94.6 Å². The first-order valence-corrected chi connectivity index (χ1v) is 27.9. The quantitative estimate of drug-likeness (QED) is 0.105. The molecule has 4 nitrogen and oxygen atoms in total. The summed E-state index contributed by atoms with van der Waals surface area (Å²) in [6.45, 7) is 0. The molecule has 0 saturated carbocycles. The summed E-state index contributed by atoms with van der Waals surface area (Å²) in [5.41, 5.74) is 9.30. The van der Waals surface area contributed by atoms with Gasteiger partial charge in [0.25, 0.3) is 0 Å². The molecular weight excluding hydrogens is 1010 g/mol. The van der Waals surface area contributed by atoms with Crippen molar-refractivity contribution >= 4 is 152 Å². The Bertz CT molecular complexity index is 4940. The molecule has 4 heterocycles. The molecule has 0 bridgehead atoms. The molecule has 16 rings (SSSR count). The summed E-state index contributed by atoms with van der Waals surface area (Å²) in [6, 6.07) is 88.6. The fourth-order valence-corrected chi connectivity index (χ4v) is 13.9. The van der Waals surface area contributed by atoms with Crippen LogP contribution in [0.15, 0.2) is 255 Å². The molecule has 368 valence electrons. The molecule has 0 spiro atoms. The zero-order valence-corrected chi connectivity index (χ0v) is 44.2. The van der Waals surface area contributed by atoms with Gasteiger partial charge >= 0.3 is 7.12 Å². The first-order valence-electron chi connectivity index (χ1n) is 25.9. The molecular formula is C70H44BClN2O2S2. The van der Waals surface area contributed by atoms with Crippen LogP contribution in [0.1, 0.15) is 0 Å². The third-order valence-electron chi connectivity index (χ3n) is 14.9. The highest BCUT2D eigenvalue weighted by molar-refractivity contribution is 7.26. The highest BCUT2D eigenvalue weighted by atomic mass is 35.5. The van der Waals surface area contributed by atoms with Crippen LogP contribution in [0.5, 0.6) is 0 Å². The lowest BCUT2D eigenvalue weighted by atomic mass is 9.79. The molecule has 2 N–H and O–H groups in total. The highest BCUT2D eigenvalue weighted by Gasteiger charge is 2.17. The Kier molecular flexibility index (Phi) is 12.2. The number of benzene rings is 12. The van der Waals surface area contributed by atoms with Crippen LogP contribution in [0.4, 0.5) is 0 Å². The van der Waals surface area contributed by atoms with Gasteiger partial charge in [0.2, 0.25) is 0 Å². The van der Waals surface area contributed by atoms with Gasteiger partial charge in [0.05, 0.1) is 16.7 Å². The van der Waals surface area contributed by atoms with Crippen LogP contribution < -0.4 is 5.46 Å². The normalized spacial score (nSPS) is 11.5. The van der Waals surface area contributed by atoms with Crippen molar-refractivity contribution in [1.29, 1.82) is 0 Å². The Morgan fingerprint density at radius 3 is 1.19 bits per heavy atom. The molecule has 78 heavy (non-hydrogen) atoms. The van der Waals surface area contributed by atoms with Gasteiger partial charge < -0.3 is 10.0 Å². The Labute approximate surface area is 462 Å².